The fourth-order valence-corrected chi connectivity index (χ4v) is 4.11. The molecule has 0 aliphatic heterocycles. The van der Waals surface area contributed by atoms with Crippen molar-refractivity contribution in [2.75, 3.05) is 0 Å². The first-order valence-corrected chi connectivity index (χ1v) is 8.07. The first kappa shape index (κ1) is 13.7. The van der Waals surface area contributed by atoms with E-state index >= 15 is 0 Å². The number of thiophene rings is 1. The van der Waals surface area contributed by atoms with Gasteiger partial charge >= 0.3 is 0 Å². The standard InChI is InChI=1S/C14H21N5S/c1-2-6-19-14(16-9-17-19)8-11(18-15)13-7-10-4-3-5-12(10)20-13/h7,9,11,18H,2-6,8,15H2,1H3. The van der Waals surface area contributed by atoms with E-state index in [0.717, 1.165) is 25.2 Å². The third kappa shape index (κ3) is 2.63. The number of nitrogens with two attached hydrogens (primary N) is 1. The summed E-state index contributed by atoms with van der Waals surface area (Å²) in [6.45, 7) is 3.06. The lowest BCUT2D eigenvalue weighted by atomic mass is 10.1. The minimum atomic E-state index is 0.130. The molecule has 1 unspecified atom stereocenters. The highest BCUT2D eigenvalue weighted by Crippen LogP contribution is 2.34. The van der Waals surface area contributed by atoms with E-state index in [2.05, 4.69) is 28.5 Å². The first-order valence-electron chi connectivity index (χ1n) is 7.26. The van der Waals surface area contributed by atoms with Gasteiger partial charge in [-0.05, 0) is 37.3 Å². The maximum Gasteiger partial charge on any atom is 0.138 e. The Balaban J connectivity index is 1.77. The highest BCUT2D eigenvalue weighted by molar-refractivity contribution is 7.12. The Morgan fingerprint density at radius 3 is 3.15 bits per heavy atom. The molecule has 2 heterocycles. The van der Waals surface area contributed by atoms with E-state index in [4.69, 9.17) is 5.84 Å². The predicted octanol–water partition coefficient (Wildman–Crippen LogP) is 1.99. The number of aryl methyl sites for hydroxylation is 3. The molecule has 2 aromatic heterocycles. The quantitative estimate of drug-likeness (QED) is 0.631. The Labute approximate surface area is 123 Å². The molecule has 20 heavy (non-hydrogen) atoms. The zero-order valence-electron chi connectivity index (χ0n) is 11.8. The molecule has 0 radical (unpaired) electrons. The van der Waals surface area contributed by atoms with Crippen LogP contribution in [0.2, 0.25) is 0 Å². The number of hydrogen-bond acceptors (Lipinski definition) is 5. The highest BCUT2D eigenvalue weighted by Gasteiger charge is 2.21. The molecular weight excluding hydrogens is 270 g/mol. The SMILES string of the molecule is CCCn1ncnc1CC(NN)c1cc2c(s1)CCC2. The number of aromatic nitrogens is 3. The van der Waals surface area contributed by atoms with Gasteiger partial charge in [0.2, 0.25) is 0 Å². The van der Waals surface area contributed by atoms with Crippen molar-refractivity contribution in [1.82, 2.24) is 20.2 Å². The molecule has 1 aliphatic rings. The molecule has 5 nitrogen and oxygen atoms in total. The Bertz CT molecular complexity index is 552. The highest BCUT2D eigenvalue weighted by atomic mass is 32.1. The van der Waals surface area contributed by atoms with Crippen LogP contribution in [0.1, 0.15) is 46.9 Å². The summed E-state index contributed by atoms with van der Waals surface area (Å²) in [6, 6.07) is 2.45. The predicted molar refractivity (Wildman–Crippen MR) is 80.4 cm³/mol. The molecule has 2 aromatic rings. The first-order chi connectivity index (χ1) is 9.81. The van der Waals surface area contributed by atoms with Crippen molar-refractivity contribution in [2.45, 2.75) is 51.6 Å². The number of nitrogens with zero attached hydrogens (tertiary/aromatic N) is 3. The van der Waals surface area contributed by atoms with E-state index in [9.17, 15) is 0 Å². The van der Waals surface area contributed by atoms with Crippen LogP contribution < -0.4 is 11.3 Å². The molecule has 3 N–H and O–H groups in total. The summed E-state index contributed by atoms with van der Waals surface area (Å²) in [6.07, 6.45) is 7.22. The summed E-state index contributed by atoms with van der Waals surface area (Å²) in [5.41, 5.74) is 4.46. The molecule has 0 bridgehead atoms. The maximum atomic E-state index is 5.76. The van der Waals surface area contributed by atoms with Gasteiger partial charge in [0, 0.05) is 22.7 Å². The van der Waals surface area contributed by atoms with Gasteiger partial charge in [0.1, 0.15) is 12.2 Å². The summed E-state index contributed by atoms with van der Waals surface area (Å²) < 4.78 is 1.98. The van der Waals surface area contributed by atoms with Crippen LogP contribution >= 0.6 is 11.3 Å². The molecule has 0 fully saturated rings. The fraction of sp³-hybridized carbons (Fsp3) is 0.571. The van der Waals surface area contributed by atoms with Gasteiger partial charge in [-0.25, -0.2) is 4.98 Å². The molecule has 1 aliphatic carbocycles. The Morgan fingerprint density at radius 1 is 1.50 bits per heavy atom. The van der Waals surface area contributed by atoms with Crippen molar-refractivity contribution < 1.29 is 0 Å². The van der Waals surface area contributed by atoms with Crippen LogP contribution in [-0.2, 0) is 25.8 Å². The van der Waals surface area contributed by atoms with Gasteiger partial charge < -0.3 is 0 Å². The molecule has 3 rings (SSSR count). The number of fused-ring (bicyclic) bond motifs is 1. The van der Waals surface area contributed by atoms with Crippen LogP contribution in [0, 0.1) is 0 Å². The summed E-state index contributed by atoms with van der Waals surface area (Å²) in [4.78, 5) is 7.23. The average Bonchev–Trinajstić information content (AvgIpc) is 3.11. The van der Waals surface area contributed by atoms with Crippen LogP contribution in [0.5, 0.6) is 0 Å². The summed E-state index contributed by atoms with van der Waals surface area (Å²) in [7, 11) is 0. The van der Waals surface area contributed by atoms with Crippen LogP contribution in [0.4, 0.5) is 0 Å². The Hall–Kier alpha value is -1.24. The smallest absolute Gasteiger partial charge is 0.138 e. The molecule has 108 valence electrons. The maximum absolute atomic E-state index is 5.76. The second-order valence-corrected chi connectivity index (χ2v) is 6.44. The zero-order chi connectivity index (χ0) is 13.9. The van der Waals surface area contributed by atoms with Crippen molar-refractivity contribution in [3.05, 3.63) is 33.5 Å². The number of nitrogens with one attached hydrogen (secondary N) is 1. The fourth-order valence-electron chi connectivity index (χ4n) is 2.79. The lowest BCUT2D eigenvalue weighted by Crippen LogP contribution is -2.30. The van der Waals surface area contributed by atoms with E-state index in [0.29, 0.717) is 0 Å². The van der Waals surface area contributed by atoms with Crippen molar-refractivity contribution in [3.8, 4) is 0 Å². The monoisotopic (exact) mass is 291 g/mol. The Kier molecular flexibility index (Phi) is 4.14. The Morgan fingerprint density at radius 2 is 2.40 bits per heavy atom. The van der Waals surface area contributed by atoms with Crippen LogP contribution in [-0.4, -0.2) is 14.8 Å². The molecule has 0 saturated carbocycles. The van der Waals surface area contributed by atoms with E-state index in [1.54, 1.807) is 6.33 Å². The third-order valence-electron chi connectivity index (χ3n) is 3.83. The molecule has 0 aromatic carbocycles. The largest absolute Gasteiger partial charge is 0.271 e. The minimum absolute atomic E-state index is 0.130. The number of hydrogen-bond donors (Lipinski definition) is 2. The van der Waals surface area contributed by atoms with Gasteiger partial charge in [0.25, 0.3) is 0 Å². The van der Waals surface area contributed by atoms with Gasteiger partial charge in [-0.2, -0.15) is 5.10 Å². The molecule has 0 spiro atoms. The average molecular weight is 291 g/mol. The second kappa shape index (κ2) is 6.03. The molecular formula is C14H21N5S. The van der Waals surface area contributed by atoms with Crippen LogP contribution in [0.15, 0.2) is 12.4 Å². The summed E-state index contributed by atoms with van der Waals surface area (Å²) in [5, 5.41) is 4.28. The van der Waals surface area contributed by atoms with Gasteiger partial charge in [-0.15, -0.1) is 11.3 Å². The lowest BCUT2D eigenvalue weighted by molar-refractivity contribution is 0.504. The van der Waals surface area contributed by atoms with Crippen molar-refractivity contribution in [3.63, 3.8) is 0 Å². The van der Waals surface area contributed by atoms with Gasteiger partial charge in [-0.3, -0.25) is 16.0 Å². The van der Waals surface area contributed by atoms with Gasteiger partial charge in [-0.1, -0.05) is 6.92 Å². The number of rotatable bonds is 6. The number of hydrazine groups is 1. The van der Waals surface area contributed by atoms with Gasteiger partial charge in [0.15, 0.2) is 0 Å². The normalized spacial score (nSPS) is 15.5. The molecule has 0 amide bonds. The van der Waals surface area contributed by atoms with E-state index in [-0.39, 0.29) is 6.04 Å². The minimum Gasteiger partial charge on any atom is -0.271 e. The topological polar surface area (TPSA) is 68.8 Å². The molecule has 1 atom stereocenters. The van der Waals surface area contributed by atoms with E-state index in [1.165, 1.54) is 34.6 Å². The molecule has 0 saturated heterocycles. The van der Waals surface area contributed by atoms with E-state index < -0.39 is 0 Å². The molecule has 6 heteroatoms. The van der Waals surface area contributed by atoms with Crippen LogP contribution in [0.3, 0.4) is 0 Å². The van der Waals surface area contributed by atoms with Crippen molar-refractivity contribution in [2.24, 2.45) is 5.84 Å². The lowest BCUT2D eigenvalue weighted by Gasteiger charge is -2.14. The zero-order valence-corrected chi connectivity index (χ0v) is 12.6. The van der Waals surface area contributed by atoms with Crippen LogP contribution in [0.25, 0.3) is 0 Å². The summed E-state index contributed by atoms with van der Waals surface area (Å²) >= 11 is 1.90. The summed E-state index contributed by atoms with van der Waals surface area (Å²) in [5.74, 6) is 6.77. The van der Waals surface area contributed by atoms with E-state index in [1.807, 2.05) is 16.0 Å². The van der Waals surface area contributed by atoms with Gasteiger partial charge in [0.05, 0.1) is 6.04 Å². The second-order valence-electron chi connectivity index (χ2n) is 5.27. The van der Waals surface area contributed by atoms with Crippen molar-refractivity contribution >= 4 is 11.3 Å². The van der Waals surface area contributed by atoms with Crippen molar-refractivity contribution in [1.29, 1.82) is 0 Å². The third-order valence-corrected chi connectivity index (χ3v) is 5.18.